The van der Waals surface area contributed by atoms with Gasteiger partial charge in [-0.05, 0) is 58.1 Å². The Morgan fingerprint density at radius 2 is 2.03 bits per heavy atom. The van der Waals surface area contributed by atoms with Gasteiger partial charge in [0, 0.05) is 17.8 Å². The number of carbonyl (C=O) groups excluding carboxylic acids is 2. The van der Waals surface area contributed by atoms with E-state index < -0.39 is 5.97 Å². The van der Waals surface area contributed by atoms with Crippen LogP contribution in [-0.2, 0) is 14.3 Å². The lowest BCUT2D eigenvalue weighted by atomic mass is 9.97. The lowest BCUT2D eigenvalue weighted by Gasteiger charge is -2.20. The van der Waals surface area contributed by atoms with Crippen LogP contribution in [0.25, 0.3) is 6.08 Å². The highest BCUT2D eigenvalue weighted by Crippen LogP contribution is 2.34. The largest absolute Gasteiger partial charge is 0.493 e. The summed E-state index contributed by atoms with van der Waals surface area (Å²) in [5.41, 5.74) is 3.51. The Labute approximate surface area is 172 Å². The van der Waals surface area contributed by atoms with E-state index in [2.05, 4.69) is 6.08 Å². The third kappa shape index (κ3) is 4.61. The molecule has 0 fully saturated rings. The average molecular weight is 395 g/mol. The molecule has 5 nitrogen and oxygen atoms in total. The number of carbonyl (C=O) groups is 2. The number of nitrogens with zero attached hydrogens (tertiary/aromatic N) is 1. The van der Waals surface area contributed by atoms with Gasteiger partial charge >= 0.3 is 5.97 Å². The van der Waals surface area contributed by atoms with Crippen LogP contribution in [0.4, 0.5) is 0 Å². The van der Waals surface area contributed by atoms with E-state index in [1.54, 1.807) is 11.0 Å². The van der Waals surface area contributed by atoms with Crippen LogP contribution < -0.4 is 4.74 Å². The van der Waals surface area contributed by atoms with Gasteiger partial charge in [0.1, 0.15) is 5.75 Å². The molecule has 0 radical (unpaired) electrons. The molecule has 1 aromatic rings. The molecular weight excluding hydrogens is 366 g/mol. The molecule has 0 N–H and O–H groups in total. The molecular formula is C24H29NO4. The van der Waals surface area contributed by atoms with Crippen molar-refractivity contribution in [2.24, 2.45) is 0 Å². The summed E-state index contributed by atoms with van der Waals surface area (Å²) in [6.45, 7) is 4.82. The number of hydrogen-bond acceptors (Lipinski definition) is 4. The smallest absolute Gasteiger partial charge is 0.340 e. The van der Waals surface area contributed by atoms with E-state index in [0.717, 1.165) is 24.8 Å². The minimum atomic E-state index is -0.490. The van der Waals surface area contributed by atoms with E-state index in [0.29, 0.717) is 35.7 Å². The summed E-state index contributed by atoms with van der Waals surface area (Å²) >= 11 is 0. The monoisotopic (exact) mass is 395 g/mol. The fourth-order valence-corrected chi connectivity index (χ4v) is 3.93. The number of amides is 1. The zero-order chi connectivity index (χ0) is 20.8. The van der Waals surface area contributed by atoms with Gasteiger partial charge in [-0.2, -0.15) is 0 Å². The van der Waals surface area contributed by atoms with Crippen LogP contribution in [0.2, 0.25) is 0 Å². The van der Waals surface area contributed by atoms with Crippen molar-refractivity contribution in [3.63, 3.8) is 0 Å². The van der Waals surface area contributed by atoms with Crippen LogP contribution >= 0.6 is 0 Å². The van der Waals surface area contributed by atoms with E-state index >= 15 is 0 Å². The molecule has 2 aliphatic rings. The maximum absolute atomic E-state index is 13.2. The number of ether oxygens (including phenoxy) is 2. The summed E-state index contributed by atoms with van der Waals surface area (Å²) in [4.78, 5) is 27.4. The van der Waals surface area contributed by atoms with Crippen molar-refractivity contribution in [3.8, 4) is 5.75 Å². The number of hydrogen-bond donors (Lipinski definition) is 0. The topological polar surface area (TPSA) is 55.8 Å². The van der Waals surface area contributed by atoms with Crippen LogP contribution in [0.1, 0.15) is 51.5 Å². The lowest BCUT2D eigenvalue weighted by molar-refractivity contribution is -0.136. The Kier molecular flexibility index (Phi) is 6.91. The van der Waals surface area contributed by atoms with Crippen LogP contribution in [-0.4, -0.2) is 37.0 Å². The highest BCUT2D eigenvalue weighted by Gasteiger charge is 2.37. The molecule has 0 aromatic heterocycles. The van der Waals surface area contributed by atoms with Gasteiger partial charge in [0.25, 0.3) is 5.91 Å². The maximum Gasteiger partial charge on any atom is 0.340 e. The molecule has 0 atom stereocenters. The van der Waals surface area contributed by atoms with Crippen LogP contribution in [0, 0.1) is 0 Å². The van der Waals surface area contributed by atoms with Crippen molar-refractivity contribution in [3.05, 3.63) is 58.3 Å². The summed E-state index contributed by atoms with van der Waals surface area (Å²) < 4.78 is 10.7. The molecule has 1 heterocycles. The third-order valence-electron chi connectivity index (χ3n) is 5.46. The van der Waals surface area contributed by atoms with Crippen LogP contribution in [0.5, 0.6) is 5.75 Å². The summed E-state index contributed by atoms with van der Waals surface area (Å²) in [5.74, 6) is 0.0314. The second kappa shape index (κ2) is 9.59. The minimum absolute atomic E-state index is 0.161. The van der Waals surface area contributed by atoms with Crippen molar-refractivity contribution >= 4 is 18.0 Å². The molecule has 5 heteroatoms. The molecule has 1 amide bonds. The summed E-state index contributed by atoms with van der Waals surface area (Å²) in [7, 11) is 1.34. The highest BCUT2D eigenvalue weighted by atomic mass is 16.5. The van der Waals surface area contributed by atoms with Gasteiger partial charge in [0.05, 0.1) is 24.9 Å². The Balaban J connectivity index is 1.93. The van der Waals surface area contributed by atoms with E-state index in [1.165, 1.54) is 25.5 Å². The SMILES string of the molecule is CCOc1ccccc1/C=C1\C(=O)N(CCC2=CCCCC2)C(C)=C1C(=O)OC. The maximum atomic E-state index is 13.2. The second-order valence-corrected chi connectivity index (χ2v) is 7.30. The van der Waals surface area contributed by atoms with Crippen LogP contribution in [0.15, 0.2) is 52.8 Å². The number of para-hydroxylation sites is 1. The number of esters is 1. The number of allylic oxidation sites excluding steroid dienone is 2. The molecule has 29 heavy (non-hydrogen) atoms. The molecule has 3 rings (SSSR count). The number of rotatable bonds is 7. The predicted octanol–water partition coefficient (Wildman–Crippen LogP) is 4.65. The first-order valence-electron chi connectivity index (χ1n) is 10.3. The second-order valence-electron chi connectivity index (χ2n) is 7.30. The summed E-state index contributed by atoms with van der Waals surface area (Å²) in [6, 6.07) is 7.51. The molecule has 1 aliphatic carbocycles. The highest BCUT2D eigenvalue weighted by molar-refractivity contribution is 6.16. The first-order valence-corrected chi connectivity index (χ1v) is 10.3. The predicted molar refractivity (Wildman–Crippen MR) is 113 cm³/mol. The zero-order valence-corrected chi connectivity index (χ0v) is 17.5. The Morgan fingerprint density at radius 1 is 1.24 bits per heavy atom. The quantitative estimate of drug-likeness (QED) is 0.383. The first-order chi connectivity index (χ1) is 14.1. The van der Waals surface area contributed by atoms with Gasteiger partial charge < -0.3 is 14.4 Å². The fourth-order valence-electron chi connectivity index (χ4n) is 3.93. The van der Waals surface area contributed by atoms with Crippen molar-refractivity contribution < 1.29 is 19.1 Å². The van der Waals surface area contributed by atoms with Gasteiger partial charge in [0.15, 0.2) is 0 Å². The van der Waals surface area contributed by atoms with Crippen molar-refractivity contribution in [2.75, 3.05) is 20.3 Å². The number of benzene rings is 1. The number of methoxy groups -OCH3 is 1. The van der Waals surface area contributed by atoms with Crippen molar-refractivity contribution in [2.45, 2.75) is 46.0 Å². The van der Waals surface area contributed by atoms with E-state index in [-0.39, 0.29) is 5.91 Å². The molecule has 154 valence electrons. The molecule has 1 aliphatic heterocycles. The van der Waals surface area contributed by atoms with Gasteiger partial charge in [-0.1, -0.05) is 29.8 Å². The van der Waals surface area contributed by atoms with E-state index in [4.69, 9.17) is 9.47 Å². The van der Waals surface area contributed by atoms with Crippen molar-refractivity contribution in [1.29, 1.82) is 0 Å². The molecule has 0 spiro atoms. The van der Waals surface area contributed by atoms with E-state index in [1.807, 2.05) is 38.1 Å². The Morgan fingerprint density at radius 3 is 2.72 bits per heavy atom. The average Bonchev–Trinajstić information content (AvgIpc) is 2.97. The molecule has 0 saturated carbocycles. The first kappa shape index (κ1) is 20.9. The zero-order valence-electron chi connectivity index (χ0n) is 17.5. The molecule has 0 unspecified atom stereocenters. The van der Waals surface area contributed by atoms with Crippen LogP contribution in [0.3, 0.4) is 0 Å². The Bertz CT molecular complexity index is 879. The van der Waals surface area contributed by atoms with Gasteiger partial charge in [0.2, 0.25) is 0 Å². The standard InChI is InChI=1S/C24H29NO4/c1-4-29-21-13-9-8-12-19(21)16-20-22(24(27)28-3)17(2)25(23(20)26)15-14-18-10-6-5-7-11-18/h8-10,12-13,16H,4-7,11,14-15H2,1-3H3/b20-16-. The summed E-state index contributed by atoms with van der Waals surface area (Å²) in [6.07, 6.45) is 9.53. The minimum Gasteiger partial charge on any atom is -0.493 e. The normalized spacial score (nSPS) is 18.3. The summed E-state index contributed by atoms with van der Waals surface area (Å²) in [5, 5.41) is 0. The van der Waals surface area contributed by atoms with E-state index in [9.17, 15) is 9.59 Å². The third-order valence-corrected chi connectivity index (χ3v) is 5.46. The van der Waals surface area contributed by atoms with Gasteiger partial charge in [-0.3, -0.25) is 4.79 Å². The van der Waals surface area contributed by atoms with Gasteiger partial charge in [-0.15, -0.1) is 0 Å². The van der Waals surface area contributed by atoms with Gasteiger partial charge in [-0.25, -0.2) is 4.79 Å². The molecule has 0 bridgehead atoms. The molecule has 0 saturated heterocycles. The molecule has 1 aromatic carbocycles. The Hall–Kier alpha value is -2.82. The lowest BCUT2D eigenvalue weighted by Crippen LogP contribution is -2.26. The van der Waals surface area contributed by atoms with Crippen molar-refractivity contribution in [1.82, 2.24) is 4.90 Å². The fraction of sp³-hybridized carbons (Fsp3) is 0.417.